The summed E-state index contributed by atoms with van der Waals surface area (Å²) in [6.45, 7) is 2.99. The minimum atomic E-state index is -0.503. The molecule has 0 radical (unpaired) electrons. The molecule has 0 aliphatic heterocycles. The molecule has 0 aliphatic carbocycles. The topological polar surface area (TPSA) is 74.4 Å². The van der Waals surface area contributed by atoms with Gasteiger partial charge in [0.15, 0.2) is 0 Å². The summed E-state index contributed by atoms with van der Waals surface area (Å²) in [5.74, 6) is 0.826. The predicted molar refractivity (Wildman–Crippen MR) is 83.3 cm³/mol. The highest BCUT2D eigenvalue weighted by Crippen LogP contribution is 2.13. The maximum absolute atomic E-state index is 11.6. The highest BCUT2D eigenvalue weighted by molar-refractivity contribution is 5.27. The highest BCUT2D eigenvalue weighted by atomic mass is 16.6. The van der Waals surface area contributed by atoms with E-state index < -0.39 is 4.92 Å². The van der Waals surface area contributed by atoms with Crippen molar-refractivity contribution in [3.8, 4) is 5.75 Å². The van der Waals surface area contributed by atoms with E-state index in [0.717, 1.165) is 17.7 Å². The Bertz CT molecular complexity index is 709. The van der Waals surface area contributed by atoms with Crippen LogP contribution in [-0.4, -0.2) is 16.1 Å². The van der Waals surface area contributed by atoms with Crippen molar-refractivity contribution in [3.05, 3.63) is 68.6 Å². The molecule has 0 fully saturated rings. The van der Waals surface area contributed by atoms with Gasteiger partial charge in [-0.05, 0) is 37.5 Å². The quantitative estimate of drug-likeness (QED) is 0.448. The van der Waals surface area contributed by atoms with Gasteiger partial charge in [0.25, 0.3) is 11.2 Å². The second kappa shape index (κ2) is 7.40. The lowest BCUT2D eigenvalue weighted by molar-refractivity contribution is -0.385. The number of ether oxygens (including phenoxy) is 1. The fourth-order valence-corrected chi connectivity index (χ4v) is 2.08. The lowest BCUT2D eigenvalue weighted by Gasteiger charge is -2.08. The summed E-state index contributed by atoms with van der Waals surface area (Å²) in [5.41, 5.74) is 0.835. The first-order valence-electron chi connectivity index (χ1n) is 7.10. The molecular weight excluding hydrogens is 284 g/mol. The summed E-state index contributed by atoms with van der Waals surface area (Å²) in [5, 5.41) is 10.7. The Morgan fingerprint density at radius 2 is 2.05 bits per heavy atom. The van der Waals surface area contributed by atoms with E-state index >= 15 is 0 Å². The van der Waals surface area contributed by atoms with Crippen molar-refractivity contribution < 1.29 is 9.66 Å². The average molecular weight is 302 g/mol. The molecule has 0 unspecified atom stereocenters. The molecule has 0 bridgehead atoms. The van der Waals surface area contributed by atoms with Gasteiger partial charge in [0.05, 0.1) is 17.7 Å². The zero-order valence-corrected chi connectivity index (χ0v) is 12.4. The van der Waals surface area contributed by atoms with Crippen LogP contribution in [0.1, 0.15) is 18.4 Å². The van der Waals surface area contributed by atoms with Crippen molar-refractivity contribution in [2.24, 2.45) is 0 Å². The maximum atomic E-state index is 11.6. The number of aromatic nitrogens is 1. The smallest absolute Gasteiger partial charge is 0.285 e. The summed E-state index contributed by atoms with van der Waals surface area (Å²) in [6.07, 6.45) is 2.76. The number of aryl methyl sites for hydroxylation is 2. The Labute approximate surface area is 128 Å². The third-order valence-electron chi connectivity index (χ3n) is 3.23. The second-order valence-electron chi connectivity index (χ2n) is 5.05. The normalized spacial score (nSPS) is 10.4. The van der Waals surface area contributed by atoms with Crippen LogP contribution in [-0.2, 0) is 6.54 Å². The lowest BCUT2D eigenvalue weighted by Crippen LogP contribution is -2.19. The van der Waals surface area contributed by atoms with Crippen molar-refractivity contribution in [2.75, 3.05) is 6.61 Å². The fourth-order valence-electron chi connectivity index (χ4n) is 2.08. The van der Waals surface area contributed by atoms with Crippen LogP contribution in [0, 0.1) is 17.0 Å². The molecule has 0 N–H and O–H groups in total. The molecule has 6 heteroatoms. The van der Waals surface area contributed by atoms with Crippen molar-refractivity contribution in [2.45, 2.75) is 26.3 Å². The van der Waals surface area contributed by atoms with Crippen molar-refractivity contribution in [3.63, 3.8) is 0 Å². The van der Waals surface area contributed by atoms with E-state index in [4.69, 9.17) is 4.74 Å². The molecule has 0 spiro atoms. The van der Waals surface area contributed by atoms with Gasteiger partial charge in [-0.15, -0.1) is 0 Å². The molecule has 1 aromatic heterocycles. The van der Waals surface area contributed by atoms with E-state index in [0.29, 0.717) is 19.6 Å². The van der Waals surface area contributed by atoms with E-state index in [1.165, 1.54) is 22.9 Å². The van der Waals surface area contributed by atoms with Gasteiger partial charge in [-0.25, -0.2) is 0 Å². The number of rotatable bonds is 7. The standard InChI is InChI=1S/C16H18N2O4/c1-13-5-4-6-15(11-13)22-10-3-2-9-17-12-14(18(20)21)7-8-16(17)19/h4-8,11-12H,2-3,9-10H2,1H3. The number of nitrogens with zero attached hydrogens (tertiary/aromatic N) is 2. The Hall–Kier alpha value is -2.63. The number of hydrogen-bond acceptors (Lipinski definition) is 4. The van der Waals surface area contributed by atoms with Gasteiger partial charge in [-0.3, -0.25) is 14.9 Å². The van der Waals surface area contributed by atoms with Gasteiger partial charge in [-0.1, -0.05) is 12.1 Å². The van der Waals surface area contributed by atoms with Crippen LogP contribution in [0.25, 0.3) is 0 Å². The third kappa shape index (κ3) is 4.44. The molecule has 116 valence electrons. The minimum Gasteiger partial charge on any atom is -0.494 e. The predicted octanol–water partition coefficient (Wildman–Crippen LogP) is 2.92. The number of unbranched alkanes of at least 4 members (excludes halogenated alkanes) is 1. The van der Waals surface area contributed by atoms with Gasteiger partial charge in [0.1, 0.15) is 5.75 Å². The Morgan fingerprint density at radius 3 is 2.77 bits per heavy atom. The van der Waals surface area contributed by atoms with Crippen LogP contribution < -0.4 is 10.3 Å². The maximum Gasteiger partial charge on any atom is 0.285 e. The van der Waals surface area contributed by atoms with E-state index in [9.17, 15) is 14.9 Å². The lowest BCUT2D eigenvalue weighted by atomic mass is 10.2. The van der Waals surface area contributed by atoms with Gasteiger partial charge in [0.2, 0.25) is 0 Å². The van der Waals surface area contributed by atoms with Crippen LogP contribution in [0.4, 0.5) is 5.69 Å². The third-order valence-corrected chi connectivity index (χ3v) is 3.23. The average Bonchev–Trinajstić information content (AvgIpc) is 2.48. The van der Waals surface area contributed by atoms with Crippen LogP contribution in [0.3, 0.4) is 0 Å². The molecule has 2 rings (SSSR count). The van der Waals surface area contributed by atoms with Gasteiger partial charge < -0.3 is 9.30 Å². The first kappa shape index (κ1) is 15.8. The summed E-state index contributed by atoms with van der Waals surface area (Å²) in [4.78, 5) is 21.8. The summed E-state index contributed by atoms with van der Waals surface area (Å²) >= 11 is 0. The zero-order valence-electron chi connectivity index (χ0n) is 12.4. The highest BCUT2D eigenvalue weighted by Gasteiger charge is 2.07. The Morgan fingerprint density at radius 1 is 1.23 bits per heavy atom. The monoisotopic (exact) mass is 302 g/mol. The molecule has 0 saturated heterocycles. The first-order valence-corrected chi connectivity index (χ1v) is 7.10. The molecule has 1 aromatic carbocycles. The minimum absolute atomic E-state index is 0.0735. The molecule has 1 heterocycles. The molecule has 2 aromatic rings. The molecule has 0 saturated carbocycles. The van der Waals surface area contributed by atoms with E-state index in [1.54, 1.807) is 0 Å². The SMILES string of the molecule is Cc1cccc(OCCCCn2cc([N+](=O)[O-])ccc2=O)c1. The molecule has 0 atom stereocenters. The van der Waals surface area contributed by atoms with Gasteiger partial charge >= 0.3 is 0 Å². The zero-order chi connectivity index (χ0) is 15.9. The Kier molecular flexibility index (Phi) is 5.30. The molecule has 6 nitrogen and oxygen atoms in total. The van der Waals surface area contributed by atoms with Crippen LogP contribution in [0.5, 0.6) is 5.75 Å². The summed E-state index contributed by atoms with van der Waals surface area (Å²) in [6, 6.07) is 10.2. The second-order valence-corrected chi connectivity index (χ2v) is 5.05. The first-order chi connectivity index (χ1) is 10.6. The molecule has 22 heavy (non-hydrogen) atoms. The van der Waals surface area contributed by atoms with Crippen LogP contribution in [0.15, 0.2) is 47.4 Å². The number of nitro groups is 1. The number of hydrogen-bond donors (Lipinski definition) is 0. The van der Waals surface area contributed by atoms with E-state index in [-0.39, 0.29) is 11.2 Å². The molecular formula is C16H18N2O4. The fraction of sp³-hybridized carbons (Fsp3) is 0.312. The van der Waals surface area contributed by atoms with E-state index in [1.807, 2.05) is 31.2 Å². The van der Waals surface area contributed by atoms with Crippen LogP contribution >= 0.6 is 0 Å². The van der Waals surface area contributed by atoms with Crippen LogP contribution in [0.2, 0.25) is 0 Å². The Balaban J connectivity index is 1.80. The van der Waals surface area contributed by atoms with Gasteiger partial charge in [0, 0.05) is 18.7 Å². The largest absolute Gasteiger partial charge is 0.494 e. The van der Waals surface area contributed by atoms with Gasteiger partial charge in [-0.2, -0.15) is 0 Å². The van der Waals surface area contributed by atoms with Crippen molar-refractivity contribution in [1.29, 1.82) is 0 Å². The summed E-state index contributed by atoms with van der Waals surface area (Å²) in [7, 11) is 0. The molecule has 0 amide bonds. The van der Waals surface area contributed by atoms with Crippen molar-refractivity contribution in [1.82, 2.24) is 4.57 Å². The number of benzene rings is 1. The summed E-state index contributed by atoms with van der Waals surface area (Å²) < 4.78 is 6.99. The molecule has 0 aliphatic rings. The number of pyridine rings is 1. The van der Waals surface area contributed by atoms with Crippen molar-refractivity contribution >= 4 is 5.69 Å². The van der Waals surface area contributed by atoms with E-state index in [2.05, 4.69) is 0 Å².